The number of nitrogens with zero attached hydrogens (tertiary/aromatic N) is 1. The highest BCUT2D eigenvalue weighted by molar-refractivity contribution is 5.90. The Morgan fingerprint density at radius 1 is 1.40 bits per heavy atom. The fraction of sp³-hybridized carbons (Fsp3) is 0.500. The Balaban J connectivity index is 2.86. The van der Waals surface area contributed by atoms with E-state index in [1.807, 2.05) is 6.92 Å². The minimum atomic E-state index is -0.331. The van der Waals surface area contributed by atoms with Crippen LogP contribution in [0, 0.1) is 12.3 Å². The second-order valence-corrected chi connectivity index (χ2v) is 6.07. The van der Waals surface area contributed by atoms with E-state index in [1.165, 1.54) is 0 Å². The molecule has 0 bridgehead atoms. The van der Waals surface area contributed by atoms with Gasteiger partial charge in [0, 0.05) is 11.4 Å². The third kappa shape index (κ3) is 5.43. The molecule has 0 aliphatic heterocycles. The summed E-state index contributed by atoms with van der Waals surface area (Å²) in [5, 5.41) is 3.16. The molecule has 4 heteroatoms. The summed E-state index contributed by atoms with van der Waals surface area (Å²) in [6.45, 7) is 14.4. The zero-order chi connectivity index (χ0) is 15.3. The number of allylic oxidation sites excluding steroid dienone is 1. The maximum atomic E-state index is 11.8. The molecule has 1 rings (SSSR count). The van der Waals surface area contributed by atoms with Gasteiger partial charge in [-0.1, -0.05) is 27.4 Å². The predicted octanol–water partition coefficient (Wildman–Crippen LogP) is 3.93. The van der Waals surface area contributed by atoms with Gasteiger partial charge in [-0.2, -0.15) is 0 Å². The number of carbonyl (C=O) groups is 1. The smallest absolute Gasteiger partial charge is 0.338 e. The molecule has 0 spiro atoms. The summed E-state index contributed by atoms with van der Waals surface area (Å²) in [5.41, 5.74) is 2.30. The second kappa shape index (κ2) is 6.55. The van der Waals surface area contributed by atoms with E-state index in [4.69, 9.17) is 4.74 Å². The molecule has 0 aliphatic rings. The monoisotopic (exact) mass is 276 g/mol. The molecule has 0 atom stereocenters. The Hall–Kier alpha value is -1.84. The van der Waals surface area contributed by atoms with Gasteiger partial charge in [0.15, 0.2) is 0 Å². The molecule has 4 nitrogen and oxygen atoms in total. The number of ether oxygens (including phenoxy) is 1. The lowest BCUT2D eigenvalue weighted by Gasteiger charge is -2.20. The molecular formula is C16H24N2O2. The van der Waals surface area contributed by atoms with Crippen molar-refractivity contribution in [3.63, 3.8) is 0 Å². The van der Waals surface area contributed by atoms with Gasteiger partial charge in [-0.05, 0) is 37.8 Å². The molecule has 1 N–H and O–H groups in total. The van der Waals surface area contributed by atoms with E-state index < -0.39 is 0 Å². The van der Waals surface area contributed by atoms with Gasteiger partial charge in [0.2, 0.25) is 0 Å². The van der Waals surface area contributed by atoms with E-state index >= 15 is 0 Å². The third-order valence-electron chi connectivity index (χ3n) is 2.51. The lowest BCUT2D eigenvalue weighted by atomic mass is 9.91. The average Bonchev–Trinajstić information content (AvgIpc) is 2.25. The van der Waals surface area contributed by atoms with Crippen molar-refractivity contribution in [1.82, 2.24) is 4.98 Å². The van der Waals surface area contributed by atoms with E-state index in [0.29, 0.717) is 18.0 Å². The van der Waals surface area contributed by atoms with Crippen molar-refractivity contribution in [1.29, 1.82) is 0 Å². The van der Waals surface area contributed by atoms with Crippen molar-refractivity contribution in [2.45, 2.75) is 41.0 Å². The van der Waals surface area contributed by atoms with Crippen LogP contribution in [-0.2, 0) is 4.74 Å². The average molecular weight is 276 g/mol. The fourth-order valence-electron chi connectivity index (χ4n) is 1.93. The van der Waals surface area contributed by atoms with Crippen LogP contribution in [0.25, 0.3) is 0 Å². The third-order valence-corrected chi connectivity index (χ3v) is 2.51. The van der Waals surface area contributed by atoms with Crippen LogP contribution in [0.4, 0.5) is 5.82 Å². The quantitative estimate of drug-likeness (QED) is 0.828. The Morgan fingerprint density at radius 3 is 2.60 bits per heavy atom. The number of aryl methyl sites for hydroxylation is 1. The minimum absolute atomic E-state index is 0.151. The van der Waals surface area contributed by atoms with Gasteiger partial charge in [-0.25, -0.2) is 9.78 Å². The van der Waals surface area contributed by atoms with E-state index in [1.54, 1.807) is 19.1 Å². The van der Waals surface area contributed by atoms with Crippen molar-refractivity contribution in [2.75, 3.05) is 11.9 Å². The summed E-state index contributed by atoms with van der Waals surface area (Å²) in [7, 11) is 0. The number of carbonyl (C=O) groups excluding carboxylic acids is 1. The van der Waals surface area contributed by atoms with Crippen LogP contribution in [0.5, 0.6) is 0 Å². The van der Waals surface area contributed by atoms with E-state index in [9.17, 15) is 4.79 Å². The Kier molecular flexibility index (Phi) is 5.31. The summed E-state index contributed by atoms with van der Waals surface area (Å²) in [5.74, 6) is 0.296. The molecule has 0 aromatic carbocycles. The number of hydrogen-bond acceptors (Lipinski definition) is 4. The standard InChI is InChI=1S/C16H24N2O2/c1-7-20-15(19)13-8-11(2)17-14(9-13)18-12(3)10-16(4,5)6/h8-9H,3,7,10H2,1-2,4-6H3,(H,17,18). The summed E-state index contributed by atoms with van der Waals surface area (Å²) >= 11 is 0. The minimum Gasteiger partial charge on any atom is -0.462 e. The number of rotatable bonds is 5. The molecule has 0 fully saturated rings. The number of hydrogen-bond donors (Lipinski definition) is 1. The van der Waals surface area contributed by atoms with Crippen molar-refractivity contribution < 1.29 is 9.53 Å². The van der Waals surface area contributed by atoms with Crippen LogP contribution in [0.2, 0.25) is 0 Å². The number of aromatic nitrogens is 1. The molecule has 0 amide bonds. The van der Waals surface area contributed by atoms with Crippen LogP contribution >= 0.6 is 0 Å². The van der Waals surface area contributed by atoms with Gasteiger partial charge >= 0.3 is 5.97 Å². The van der Waals surface area contributed by atoms with Crippen molar-refractivity contribution in [3.8, 4) is 0 Å². The first-order valence-corrected chi connectivity index (χ1v) is 6.82. The fourth-order valence-corrected chi connectivity index (χ4v) is 1.93. The zero-order valence-corrected chi connectivity index (χ0v) is 13.0. The van der Waals surface area contributed by atoms with Crippen LogP contribution in [0.1, 0.15) is 50.2 Å². The Labute approximate surface area is 121 Å². The number of nitrogens with one attached hydrogen (secondary N) is 1. The maximum absolute atomic E-state index is 11.8. The molecule has 0 aliphatic carbocycles. The van der Waals surface area contributed by atoms with Gasteiger partial charge in [-0.3, -0.25) is 0 Å². The number of pyridine rings is 1. The molecule has 0 unspecified atom stereocenters. The van der Waals surface area contributed by atoms with Crippen molar-refractivity contribution in [2.24, 2.45) is 5.41 Å². The summed E-state index contributed by atoms with van der Waals surface area (Å²) in [4.78, 5) is 16.1. The van der Waals surface area contributed by atoms with Crippen LogP contribution in [0.15, 0.2) is 24.4 Å². The van der Waals surface area contributed by atoms with Gasteiger partial charge < -0.3 is 10.1 Å². The van der Waals surface area contributed by atoms with Crippen molar-refractivity contribution in [3.05, 3.63) is 35.7 Å². The highest BCUT2D eigenvalue weighted by atomic mass is 16.5. The van der Waals surface area contributed by atoms with Gasteiger partial charge in [0.1, 0.15) is 5.82 Å². The number of anilines is 1. The normalized spacial score (nSPS) is 11.1. The lowest BCUT2D eigenvalue weighted by molar-refractivity contribution is 0.0526. The second-order valence-electron chi connectivity index (χ2n) is 6.07. The SMILES string of the molecule is C=C(CC(C)(C)C)Nc1cc(C(=O)OCC)cc(C)n1. The van der Waals surface area contributed by atoms with Crippen LogP contribution in [0.3, 0.4) is 0 Å². The maximum Gasteiger partial charge on any atom is 0.338 e. The van der Waals surface area contributed by atoms with Crippen LogP contribution < -0.4 is 5.32 Å². The first kappa shape index (κ1) is 16.2. The summed E-state index contributed by atoms with van der Waals surface area (Å²) in [6, 6.07) is 3.41. The van der Waals surface area contributed by atoms with E-state index in [0.717, 1.165) is 17.8 Å². The highest BCUT2D eigenvalue weighted by Gasteiger charge is 2.14. The Morgan fingerprint density at radius 2 is 2.05 bits per heavy atom. The molecular weight excluding hydrogens is 252 g/mol. The summed E-state index contributed by atoms with van der Waals surface area (Å²) < 4.78 is 5.01. The molecule has 1 heterocycles. The van der Waals surface area contributed by atoms with E-state index in [-0.39, 0.29) is 11.4 Å². The van der Waals surface area contributed by atoms with Gasteiger partial charge in [0.25, 0.3) is 0 Å². The van der Waals surface area contributed by atoms with Gasteiger partial charge in [-0.15, -0.1) is 0 Å². The largest absolute Gasteiger partial charge is 0.462 e. The first-order valence-electron chi connectivity index (χ1n) is 6.82. The van der Waals surface area contributed by atoms with Gasteiger partial charge in [0.05, 0.1) is 12.2 Å². The molecule has 0 saturated carbocycles. The van der Waals surface area contributed by atoms with E-state index in [2.05, 4.69) is 37.7 Å². The first-order chi connectivity index (χ1) is 9.21. The summed E-state index contributed by atoms with van der Waals surface area (Å²) in [6.07, 6.45) is 0.831. The predicted molar refractivity (Wildman–Crippen MR) is 81.8 cm³/mol. The topological polar surface area (TPSA) is 51.2 Å². The molecule has 20 heavy (non-hydrogen) atoms. The zero-order valence-electron chi connectivity index (χ0n) is 13.0. The van der Waals surface area contributed by atoms with Crippen molar-refractivity contribution >= 4 is 11.8 Å². The number of esters is 1. The molecule has 1 aromatic rings. The molecule has 110 valence electrons. The molecule has 1 aromatic heterocycles. The lowest BCUT2D eigenvalue weighted by Crippen LogP contribution is -2.12. The van der Waals surface area contributed by atoms with Crippen LogP contribution in [-0.4, -0.2) is 17.6 Å². The Bertz CT molecular complexity index is 502. The molecule has 0 radical (unpaired) electrons. The highest BCUT2D eigenvalue weighted by Crippen LogP contribution is 2.24. The molecule has 0 saturated heterocycles.